The quantitative estimate of drug-likeness (QED) is 0.659. The van der Waals surface area contributed by atoms with Crippen LogP contribution in [0, 0.1) is 11.3 Å². The summed E-state index contributed by atoms with van der Waals surface area (Å²) >= 11 is 0. The third kappa shape index (κ3) is 2.54. The first-order chi connectivity index (χ1) is 14.7. The molecular formula is C26H37NO4. The van der Waals surface area contributed by atoms with Gasteiger partial charge in [0.25, 0.3) is 0 Å². The molecule has 1 saturated heterocycles. The van der Waals surface area contributed by atoms with Crippen LogP contribution in [0.15, 0.2) is 12.1 Å². The number of hydrogen-bond donors (Lipinski definition) is 0. The van der Waals surface area contributed by atoms with E-state index >= 15 is 0 Å². The molecule has 31 heavy (non-hydrogen) atoms. The minimum atomic E-state index is -0.240. The predicted octanol–water partition coefficient (Wildman–Crippen LogP) is 3.95. The molecule has 5 heteroatoms. The van der Waals surface area contributed by atoms with Crippen molar-refractivity contribution >= 4 is 0 Å². The zero-order valence-electron chi connectivity index (χ0n) is 19.9. The number of nitrogens with zero attached hydrogens (tertiary/aromatic N) is 1. The Morgan fingerprint density at radius 2 is 2.10 bits per heavy atom. The van der Waals surface area contributed by atoms with E-state index in [1.165, 1.54) is 24.1 Å². The lowest BCUT2D eigenvalue weighted by molar-refractivity contribution is -0.235. The molecule has 6 aliphatic rings. The van der Waals surface area contributed by atoms with E-state index in [4.69, 9.17) is 18.9 Å². The molecule has 3 saturated carbocycles. The topological polar surface area (TPSA) is 40.2 Å². The summed E-state index contributed by atoms with van der Waals surface area (Å²) in [5.41, 5.74) is 3.15. The summed E-state index contributed by atoms with van der Waals surface area (Å²) in [5, 5.41) is 0. The number of benzene rings is 1. The van der Waals surface area contributed by atoms with Crippen LogP contribution in [0.4, 0.5) is 0 Å². The summed E-state index contributed by atoms with van der Waals surface area (Å²) in [5.74, 6) is 2.57. The van der Waals surface area contributed by atoms with Crippen molar-refractivity contribution in [2.45, 2.75) is 88.7 Å². The molecule has 4 fully saturated rings. The first-order valence-corrected chi connectivity index (χ1v) is 12.1. The molecule has 6 atom stereocenters. The molecule has 1 aromatic rings. The Bertz CT molecular complexity index is 913. The van der Waals surface area contributed by atoms with Crippen LogP contribution in [0.5, 0.6) is 11.5 Å². The SMILES string of the molecule is COc1ccc2c3c1O[C@H]1C(OC(C)(C)CCOC(C)C)CC45CN(C)C(C2)C4C31C5. The number of likely N-dealkylation sites (tertiary alicyclic amines) is 1. The molecule has 0 N–H and O–H groups in total. The fourth-order valence-electron chi connectivity index (χ4n) is 8.24. The number of ether oxygens (including phenoxy) is 4. The monoisotopic (exact) mass is 427 g/mol. The van der Waals surface area contributed by atoms with Gasteiger partial charge in [0.05, 0.1) is 24.9 Å². The molecular weight excluding hydrogens is 390 g/mol. The van der Waals surface area contributed by atoms with E-state index in [-0.39, 0.29) is 29.3 Å². The summed E-state index contributed by atoms with van der Waals surface area (Å²) in [6, 6.07) is 5.02. The van der Waals surface area contributed by atoms with Crippen molar-refractivity contribution in [2.24, 2.45) is 11.3 Å². The molecule has 1 aromatic carbocycles. The van der Waals surface area contributed by atoms with Crippen LogP contribution in [0.3, 0.4) is 0 Å². The van der Waals surface area contributed by atoms with Crippen molar-refractivity contribution < 1.29 is 18.9 Å². The largest absolute Gasteiger partial charge is 0.493 e. The van der Waals surface area contributed by atoms with Crippen LogP contribution < -0.4 is 9.47 Å². The maximum atomic E-state index is 6.90. The Balaban J connectivity index is 1.36. The molecule has 7 rings (SSSR count). The Labute approximate surface area is 186 Å². The van der Waals surface area contributed by atoms with Gasteiger partial charge in [-0.15, -0.1) is 0 Å². The summed E-state index contributed by atoms with van der Waals surface area (Å²) in [6.07, 6.45) is 4.81. The Morgan fingerprint density at radius 1 is 1.29 bits per heavy atom. The molecule has 170 valence electrons. The highest BCUT2D eigenvalue weighted by atomic mass is 16.6. The lowest BCUT2D eigenvalue weighted by Crippen LogP contribution is -2.74. The number of fused-ring (bicyclic) bond motifs is 1. The second kappa shape index (κ2) is 6.39. The van der Waals surface area contributed by atoms with E-state index in [0.717, 1.165) is 37.4 Å². The first-order valence-electron chi connectivity index (χ1n) is 12.1. The maximum Gasteiger partial charge on any atom is 0.165 e. The van der Waals surface area contributed by atoms with Gasteiger partial charge >= 0.3 is 0 Å². The molecule has 4 aliphatic carbocycles. The van der Waals surface area contributed by atoms with E-state index < -0.39 is 0 Å². The van der Waals surface area contributed by atoms with E-state index in [0.29, 0.717) is 17.4 Å². The van der Waals surface area contributed by atoms with Gasteiger partial charge in [0.1, 0.15) is 6.10 Å². The van der Waals surface area contributed by atoms with Crippen molar-refractivity contribution in [1.82, 2.24) is 4.90 Å². The van der Waals surface area contributed by atoms with Crippen LogP contribution >= 0.6 is 0 Å². The lowest BCUT2D eigenvalue weighted by atomic mass is 9.35. The maximum absolute atomic E-state index is 6.90. The lowest BCUT2D eigenvalue weighted by Gasteiger charge is -2.68. The van der Waals surface area contributed by atoms with Gasteiger partial charge in [-0.2, -0.15) is 0 Å². The van der Waals surface area contributed by atoms with Gasteiger partial charge in [0, 0.05) is 30.2 Å². The average Bonchev–Trinajstić information content (AvgIpc) is 3.15. The minimum absolute atomic E-state index is 0.0871. The minimum Gasteiger partial charge on any atom is -0.493 e. The van der Waals surface area contributed by atoms with Crippen LogP contribution in [0.1, 0.15) is 58.1 Å². The summed E-state index contributed by atoms with van der Waals surface area (Å²) in [6.45, 7) is 10.5. The predicted molar refractivity (Wildman–Crippen MR) is 119 cm³/mol. The zero-order chi connectivity index (χ0) is 21.8. The number of likely N-dealkylation sites (N-methyl/N-ethyl adjacent to an activating group) is 1. The van der Waals surface area contributed by atoms with E-state index in [2.05, 4.69) is 51.8 Å². The third-order valence-electron chi connectivity index (χ3n) is 9.02. The van der Waals surface area contributed by atoms with Crippen molar-refractivity contribution in [3.8, 4) is 11.5 Å². The fourth-order valence-corrected chi connectivity index (χ4v) is 8.24. The van der Waals surface area contributed by atoms with Gasteiger partial charge in [-0.25, -0.2) is 0 Å². The first kappa shape index (κ1) is 20.3. The zero-order valence-corrected chi connectivity index (χ0v) is 19.9. The highest BCUT2D eigenvalue weighted by molar-refractivity contribution is 5.63. The van der Waals surface area contributed by atoms with Crippen LogP contribution in [-0.2, 0) is 21.3 Å². The van der Waals surface area contributed by atoms with Gasteiger partial charge in [0.2, 0.25) is 0 Å². The molecule has 0 radical (unpaired) electrons. The Hall–Kier alpha value is -1.30. The van der Waals surface area contributed by atoms with Gasteiger partial charge < -0.3 is 23.8 Å². The van der Waals surface area contributed by atoms with E-state index in [9.17, 15) is 0 Å². The summed E-state index contributed by atoms with van der Waals surface area (Å²) in [7, 11) is 4.08. The number of hydrogen-bond acceptors (Lipinski definition) is 5. The Morgan fingerprint density at radius 3 is 2.84 bits per heavy atom. The summed E-state index contributed by atoms with van der Waals surface area (Å²) < 4.78 is 25.3. The van der Waals surface area contributed by atoms with Gasteiger partial charge in [-0.3, -0.25) is 0 Å². The third-order valence-corrected chi connectivity index (χ3v) is 9.02. The van der Waals surface area contributed by atoms with Gasteiger partial charge in [0.15, 0.2) is 11.5 Å². The molecule has 2 bridgehead atoms. The second-order valence-electron chi connectivity index (χ2n) is 11.7. The standard InChI is InChI=1S/C26H37NO4/c1-15(2)29-10-9-24(3,4)31-19-12-25-13-26-20-16(11-17(22(25)26)27(5)14-25)7-8-18(28-6)21(20)30-23(19)26/h7-8,15,17,19,22-23H,9-14H2,1-6H3/t17?,19?,22?,23-,25?,26?/m0/s1. The second-order valence-corrected chi connectivity index (χ2v) is 11.7. The van der Waals surface area contributed by atoms with Crippen molar-refractivity contribution in [3.63, 3.8) is 0 Å². The van der Waals surface area contributed by atoms with Gasteiger partial charge in [-0.05, 0) is 83.4 Å². The smallest absolute Gasteiger partial charge is 0.165 e. The molecule has 5 unspecified atom stereocenters. The number of rotatable bonds is 7. The van der Waals surface area contributed by atoms with Crippen molar-refractivity contribution in [3.05, 3.63) is 23.3 Å². The van der Waals surface area contributed by atoms with Crippen molar-refractivity contribution in [1.29, 1.82) is 0 Å². The van der Waals surface area contributed by atoms with Crippen LogP contribution in [0.25, 0.3) is 0 Å². The summed E-state index contributed by atoms with van der Waals surface area (Å²) in [4.78, 5) is 2.63. The molecule has 0 amide bonds. The molecule has 5 nitrogen and oxygen atoms in total. The van der Waals surface area contributed by atoms with Crippen LogP contribution in [-0.4, -0.2) is 62.2 Å². The molecule has 0 aromatic heterocycles. The van der Waals surface area contributed by atoms with Gasteiger partial charge in [-0.1, -0.05) is 6.07 Å². The fraction of sp³-hybridized carbons (Fsp3) is 0.769. The highest BCUT2D eigenvalue weighted by Gasteiger charge is 2.81. The highest BCUT2D eigenvalue weighted by Crippen LogP contribution is 2.78. The van der Waals surface area contributed by atoms with Crippen molar-refractivity contribution in [2.75, 3.05) is 27.3 Å². The van der Waals surface area contributed by atoms with E-state index in [1.54, 1.807) is 7.11 Å². The van der Waals surface area contributed by atoms with Crippen LogP contribution in [0.2, 0.25) is 0 Å². The normalized spacial score (nSPS) is 39.3. The molecule has 2 spiro atoms. The van der Waals surface area contributed by atoms with E-state index in [1.807, 2.05) is 0 Å². The molecule has 2 aliphatic heterocycles. The molecule has 2 heterocycles. The Kier molecular flexibility index (Phi) is 4.19. The number of methoxy groups -OCH3 is 1. The average molecular weight is 428 g/mol.